The molecule has 11 heteroatoms. The van der Waals surface area contributed by atoms with E-state index in [9.17, 15) is 19.2 Å². The predicted octanol–water partition coefficient (Wildman–Crippen LogP) is 4.24. The van der Waals surface area contributed by atoms with E-state index in [1.807, 2.05) is 20.8 Å². The van der Waals surface area contributed by atoms with Gasteiger partial charge < -0.3 is 25.2 Å². The van der Waals surface area contributed by atoms with Crippen molar-refractivity contribution < 1.29 is 38.6 Å². The van der Waals surface area contributed by atoms with Crippen LogP contribution in [0.4, 0.5) is 9.59 Å². The summed E-state index contributed by atoms with van der Waals surface area (Å²) in [5.74, 6) is -1.26. The van der Waals surface area contributed by atoms with Gasteiger partial charge in [0.05, 0.1) is 13.0 Å². The smallest absolute Gasteiger partial charge is 0.407 e. The highest BCUT2D eigenvalue weighted by Gasteiger charge is 2.31. The number of ether oxygens (including phenoxy) is 2. The minimum Gasteiger partial charge on any atom is -0.481 e. The molecule has 0 bridgehead atoms. The number of hydroxylamine groups is 2. The number of alkyl carbamates (subject to hydrolysis) is 2. The summed E-state index contributed by atoms with van der Waals surface area (Å²) in [5.41, 5.74) is -1.03. The van der Waals surface area contributed by atoms with E-state index in [0.717, 1.165) is 32.1 Å². The van der Waals surface area contributed by atoms with Crippen molar-refractivity contribution in [3.05, 3.63) is 0 Å². The fourth-order valence-electron chi connectivity index (χ4n) is 4.39. The Bertz CT molecular complexity index is 775. The number of carbonyl (C=O) groups is 4. The Morgan fingerprint density at radius 3 is 1.54 bits per heavy atom. The Morgan fingerprint density at radius 1 is 0.757 bits per heavy atom. The summed E-state index contributed by atoms with van der Waals surface area (Å²) in [7, 11) is 3.07. The molecule has 2 saturated carbocycles. The Hall–Kier alpha value is -2.56. The number of hydrogen-bond donors (Lipinski definition) is 3. The lowest BCUT2D eigenvalue weighted by atomic mass is 9.85. The van der Waals surface area contributed by atoms with Gasteiger partial charge in [-0.25, -0.2) is 14.7 Å². The van der Waals surface area contributed by atoms with Crippen LogP contribution in [0.25, 0.3) is 0 Å². The second kappa shape index (κ2) is 14.4. The average Bonchev–Trinajstić information content (AvgIpc) is 2.76. The first-order valence-electron chi connectivity index (χ1n) is 13.0. The predicted molar refractivity (Wildman–Crippen MR) is 138 cm³/mol. The van der Waals surface area contributed by atoms with Gasteiger partial charge in [0.2, 0.25) is 5.91 Å². The Kier molecular flexibility index (Phi) is 12.6. The first-order valence-corrected chi connectivity index (χ1v) is 13.0. The van der Waals surface area contributed by atoms with E-state index in [1.165, 1.54) is 12.2 Å². The zero-order valence-corrected chi connectivity index (χ0v) is 23.7. The van der Waals surface area contributed by atoms with Gasteiger partial charge in [-0.1, -0.05) is 12.8 Å². The van der Waals surface area contributed by atoms with Crippen molar-refractivity contribution in [1.29, 1.82) is 0 Å². The van der Waals surface area contributed by atoms with Crippen LogP contribution in [-0.2, 0) is 23.9 Å². The van der Waals surface area contributed by atoms with Crippen molar-refractivity contribution in [2.24, 2.45) is 11.8 Å². The first-order chi connectivity index (χ1) is 17.0. The highest BCUT2D eigenvalue weighted by atomic mass is 16.7. The van der Waals surface area contributed by atoms with Gasteiger partial charge in [0.1, 0.15) is 11.2 Å². The van der Waals surface area contributed by atoms with Crippen LogP contribution in [0.1, 0.15) is 92.9 Å². The van der Waals surface area contributed by atoms with Crippen molar-refractivity contribution in [3.63, 3.8) is 0 Å². The number of nitrogens with one attached hydrogen (secondary N) is 2. The second-order valence-corrected chi connectivity index (χ2v) is 11.8. The topological polar surface area (TPSA) is 143 Å². The van der Waals surface area contributed by atoms with Crippen LogP contribution in [0.15, 0.2) is 0 Å². The van der Waals surface area contributed by atoms with E-state index in [2.05, 4.69) is 10.6 Å². The lowest BCUT2D eigenvalue weighted by molar-refractivity contribution is -0.174. The summed E-state index contributed by atoms with van der Waals surface area (Å²) in [5, 5.41) is 15.8. The van der Waals surface area contributed by atoms with Crippen molar-refractivity contribution in [3.8, 4) is 0 Å². The molecule has 2 aliphatic carbocycles. The van der Waals surface area contributed by atoms with Gasteiger partial charge in [-0.2, -0.15) is 0 Å². The molecule has 11 nitrogen and oxygen atoms in total. The largest absolute Gasteiger partial charge is 0.481 e. The van der Waals surface area contributed by atoms with Gasteiger partial charge in [0, 0.05) is 25.0 Å². The molecule has 0 aromatic carbocycles. The molecule has 4 unspecified atom stereocenters. The molecular formula is C26H47N3O8. The molecule has 3 amide bonds. The fraction of sp³-hybridized carbons (Fsp3) is 0.846. The number of rotatable bonds is 5. The maximum atomic E-state index is 12.0. The first kappa shape index (κ1) is 32.5. The number of carboxylic acid groups (broad SMARTS) is 1. The monoisotopic (exact) mass is 529 g/mol. The standard InChI is InChI=1S/C14H26N2O4.C12H21NO4/c1-14(2,3)20-13(18)15-11-8-6-7-10(9-11)12(17)16(4)19-5;1-12(2,3)17-11(16)13-9-6-4-5-8(7-9)10(14)15/h10-11H,6-9H2,1-5H3,(H,15,18);8-9H,4-7H2,1-3H3,(H,13,16)(H,14,15). The number of aliphatic carboxylic acids is 1. The maximum absolute atomic E-state index is 12.0. The van der Waals surface area contributed by atoms with Crippen LogP contribution in [0.2, 0.25) is 0 Å². The van der Waals surface area contributed by atoms with Crippen LogP contribution >= 0.6 is 0 Å². The highest BCUT2D eigenvalue weighted by Crippen LogP contribution is 2.26. The van der Waals surface area contributed by atoms with Gasteiger partial charge >= 0.3 is 18.2 Å². The molecule has 2 rings (SSSR count). The molecular weight excluding hydrogens is 482 g/mol. The van der Waals surface area contributed by atoms with Gasteiger partial charge in [-0.15, -0.1) is 0 Å². The Labute approximate surface area is 220 Å². The second-order valence-electron chi connectivity index (χ2n) is 11.8. The summed E-state index contributed by atoms with van der Waals surface area (Å²) in [6, 6.07) is -0.0995. The summed E-state index contributed by atoms with van der Waals surface area (Å²) in [6.45, 7) is 10.9. The van der Waals surface area contributed by atoms with E-state index in [0.29, 0.717) is 19.3 Å². The van der Waals surface area contributed by atoms with Crippen LogP contribution in [0.3, 0.4) is 0 Å². The van der Waals surface area contributed by atoms with Crippen LogP contribution in [0, 0.1) is 11.8 Å². The quantitative estimate of drug-likeness (QED) is 0.449. The van der Waals surface area contributed by atoms with E-state index in [4.69, 9.17) is 19.4 Å². The van der Waals surface area contributed by atoms with Crippen LogP contribution in [0.5, 0.6) is 0 Å². The maximum Gasteiger partial charge on any atom is 0.407 e. The van der Waals surface area contributed by atoms with E-state index in [-0.39, 0.29) is 29.8 Å². The van der Waals surface area contributed by atoms with E-state index < -0.39 is 29.4 Å². The molecule has 214 valence electrons. The van der Waals surface area contributed by atoms with Crippen molar-refractivity contribution in [2.75, 3.05) is 14.2 Å². The summed E-state index contributed by atoms with van der Waals surface area (Å²) >= 11 is 0. The van der Waals surface area contributed by atoms with Crippen LogP contribution in [-0.4, -0.2) is 71.7 Å². The lowest BCUT2D eigenvalue weighted by Crippen LogP contribution is -2.44. The van der Waals surface area contributed by atoms with Gasteiger partial charge in [0.15, 0.2) is 0 Å². The number of nitrogens with zero attached hydrogens (tertiary/aromatic N) is 1. The normalized spacial score (nSPS) is 24.0. The molecule has 0 aliphatic heterocycles. The zero-order valence-electron chi connectivity index (χ0n) is 23.7. The highest BCUT2D eigenvalue weighted by molar-refractivity contribution is 5.78. The van der Waals surface area contributed by atoms with Gasteiger partial charge in [0.25, 0.3) is 0 Å². The summed E-state index contributed by atoms with van der Waals surface area (Å²) < 4.78 is 10.4. The van der Waals surface area contributed by atoms with E-state index >= 15 is 0 Å². The van der Waals surface area contributed by atoms with Crippen LogP contribution < -0.4 is 10.6 Å². The van der Waals surface area contributed by atoms with Gasteiger partial charge in [-0.3, -0.25) is 14.4 Å². The SMILES string of the molecule is CC(C)(C)OC(=O)NC1CCCC(C(=O)O)C1.CON(C)C(=O)C1CCCC(NC(=O)OC(C)(C)C)C1. The van der Waals surface area contributed by atoms with Gasteiger partial charge in [-0.05, 0) is 80.1 Å². The van der Waals surface area contributed by atoms with Crippen molar-refractivity contribution >= 4 is 24.1 Å². The molecule has 0 heterocycles. The van der Waals surface area contributed by atoms with Crippen molar-refractivity contribution in [2.45, 2.75) is 116 Å². The number of carboxylic acids is 1. The third kappa shape index (κ3) is 13.5. The molecule has 0 saturated heterocycles. The minimum absolute atomic E-state index is 0.0159. The molecule has 37 heavy (non-hydrogen) atoms. The Balaban J connectivity index is 0.000000375. The number of carbonyl (C=O) groups excluding carboxylic acids is 3. The third-order valence-corrected chi connectivity index (χ3v) is 6.07. The number of hydrogen-bond acceptors (Lipinski definition) is 7. The minimum atomic E-state index is -0.777. The molecule has 2 aliphatic rings. The molecule has 0 spiro atoms. The third-order valence-electron chi connectivity index (χ3n) is 6.07. The molecule has 2 fully saturated rings. The number of amides is 3. The van der Waals surface area contributed by atoms with E-state index in [1.54, 1.807) is 27.8 Å². The molecule has 4 atom stereocenters. The molecule has 3 N–H and O–H groups in total. The fourth-order valence-corrected chi connectivity index (χ4v) is 4.39. The average molecular weight is 530 g/mol. The summed E-state index contributed by atoms with van der Waals surface area (Å²) in [6.07, 6.45) is 5.21. The summed E-state index contributed by atoms with van der Waals surface area (Å²) in [4.78, 5) is 51.1. The molecule has 0 radical (unpaired) electrons. The van der Waals surface area contributed by atoms with Crippen molar-refractivity contribution in [1.82, 2.24) is 15.7 Å². The molecule has 0 aromatic rings. The molecule has 0 aromatic heterocycles. The Morgan fingerprint density at radius 2 is 1.16 bits per heavy atom. The lowest BCUT2D eigenvalue weighted by Gasteiger charge is -2.31. The zero-order chi connectivity index (χ0) is 28.4.